The number of hydrogen-bond acceptors (Lipinski definition) is 4. The molecule has 0 radical (unpaired) electrons. The summed E-state index contributed by atoms with van der Waals surface area (Å²) in [5.41, 5.74) is -0.778. The van der Waals surface area contributed by atoms with Crippen molar-refractivity contribution in [2.45, 2.75) is 25.1 Å². The van der Waals surface area contributed by atoms with Crippen LogP contribution in [0.3, 0.4) is 0 Å². The van der Waals surface area contributed by atoms with Crippen LogP contribution >= 0.6 is 0 Å². The summed E-state index contributed by atoms with van der Waals surface area (Å²) in [5.74, 6) is 0. The molecule has 1 atom stereocenters. The molecule has 126 valence electrons. The average Bonchev–Trinajstić information content (AvgIpc) is 2.44. The van der Waals surface area contributed by atoms with Crippen LogP contribution in [0.2, 0.25) is 0 Å². The van der Waals surface area contributed by atoms with Crippen molar-refractivity contribution in [2.24, 2.45) is 0 Å². The largest absolute Gasteiger partial charge is 0.418 e. The third kappa shape index (κ3) is 4.59. The molecule has 1 aromatic rings. The second-order valence-corrected chi connectivity index (χ2v) is 7.30. The Balaban J connectivity index is 2.34. The Hall–Kier alpha value is -1.79. The Bertz CT molecular complexity index is 726. The maximum absolute atomic E-state index is 13.2. The quantitative estimate of drug-likeness (QED) is 0.909. The minimum atomic E-state index is -4.54. The number of rotatable bonds is 3. The molecule has 0 saturated carbocycles. The highest BCUT2D eigenvalue weighted by Gasteiger charge is 2.36. The zero-order chi connectivity index (χ0) is 17.3. The van der Waals surface area contributed by atoms with Crippen LogP contribution in [0.4, 0.5) is 18.9 Å². The van der Waals surface area contributed by atoms with Gasteiger partial charge in [-0.3, -0.25) is 0 Å². The molecule has 0 bridgehead atoms. The first-order valence-corrected chi connectivity index (χ1v) is 8.83. The first-order chi connectivity index (χ1) is 10.6. The number of sulfonamides is 1. The van der Waals surface area contributed by atoms with Gasteiger partial charge in [-0.1, -0.05) is 0 Å². The molecule has 5 nitrogen and oxygen atoms in total. The number of nitrogens with one attached hydrogen (secondary N) is 1. The van der Waals surface area contributed by atoms with Crippen LogP contribution in [-0.4, -0.2) is 33.8 Å². The first kappa shape index (κ1) is 17.6. The number of nitriles is 1. The van der Waals surface area contributed by atoms with Gasteiger partial charge in [-0.05, 0) is 31.0 Å². The van der Waals surface area contributed by atoms with Gasteiger partial charge in [0.25, 0.3) is 0 Å². The summed E-state index contributed by atoms with van der Waals surface area (Å²) in [5, 5.41) is 8.92. The molecule has 0 aliphatic carbocycles. The van der Waals surface area contributed by atoms with Crippen LogP contribution in [0.25, 0.3) is 0 Å². The summed E-state index contributed by atoms with van der Waals surface area (Å²) in [6.07, 6.45) is -2.41. The van der Waals surface area contributed by atoms with Gasteiger partial charge in [-0.25, -0.2) is 13.1 Å². The van der Waals surface area contributed by atoms with Gasteiger partial charge in [0.1, 0.15) is 0 Å². The lowest BCUT2D eigenvalue weighted by molar-refractivity contribution is -0.137. The van der Waals surface area contributed by atoms with E-state index in [-0.39, 0.29) is 17.8 Å². The number of nitrogens with zero attached hydrogens (tertiary/aromatic N) is 2. The van der Waals surface area contributed by atoms with E-state index in [9.17, 15) is 21.6 Å². The highest BCUT2D eigenvalue weighted by atomic mass is 32.2. The van der Waals surface area contributed by atoms with E-state index in [1.807, 2.05) is 6.07 Å². The topological polar surface area (TPSA) is 73.2 Å². The Kier molecular flexibility index (Phi) is 4.87. The molecule has 23 heavy (non-hydrogen) atoms. The van der Waals surface area contributed by atoms with Gasteiger partial charge in [0.15, 0.2) is 0 Å². The highest BCUT2D eigenvalue weighted by molar-refractivity contribution is 7.88. The Morgan fingerprint density at radius 1 is 1.39 bits per heavy atom. The summed E-state index contributed by atoms with van der Waals surface area (Å²) in [4.78, 5) is 1.48. The monoisotopic (exact) mass is 347 g/mol. The molecule has 0 spiro atoms. The maximum Gasteiger partial charge on any atom is 0.418 e. The molecule has 0 aromatic heterocycles. The number of halogens is 3. The van der Waals surface area contributed by atoms with Crippen LogP contribution in [0, 0.1) is 11.3 Å². The van der Waals surface area contributed by atoms with Crippen molar-refractivity contribution in [1.29, 1.82) is 5.26 Å². The van der Waals surface area contributed by atoms with Gasteiger partial charge in [0, 0.05) is 19.1 Å². The van der Waals surface area contributed by atoms with Crippen LogP contribution in [0.1, 0.15) is 24.0 Å². The van der Waals surface area contributed by atoms with E-state index in [0.717, 1.165) is 18.4 Å². The predicted molar refractivity (Wildman–Crippen MR) is 79.4 cm³/mol. The van der Waals surface area contributed by atoms with Gasteiger partial charge in [-0.15, -0.1) is 0 Å². The third-order valence-corrected chi connectivity index (χ3v) is 4.34. The second-order valence-electron chi connectivity index (χ2n) is 5.52. The van der Waals surface area contributed by atoms with Crippen molar-refractivity contribution in [3.8, 4) is 6.07 Å². The Morgan fingerprint density at radius 3 is 2.65 bits per heavy atom. The van der Waals surface area contributed by atoms with E-state index < -0.39 is 27.8 Å². The molecule has 1 aromatic carbocycles. The smallest absolute Gasteiger partial charge is 0.369 e. The fourth-order valence-corrected chi connectivity index (χ4v) is 3.50. The molecule has 9 heteroatoms. The van der Waals surface area contributed by atoms with Crippen molar-refractivity contribution in [3.05, 3.63) is 29.3 Å². The highest BCUT2D eigenvalue weighted by Crippen LogP contribution is 2.38. The van der Waals surface area contributed by atoms with E-state index >= 15 is 0 Å². The lowest BCUT2D eigenvalue weighted by atomic mass is 10.0. The lowest BCUT2D eigenvalue weighted by Crippen LogP contribution is -2.47. The van der Waals surface area contributed by atoms with Crippen LogP contribution < -0.4 is 9.62 Å². The molecule has 1 heterocycles. The van der Waals surface area contributed by atoms with Crippen molar-refractivity contribution in [2.75, 3.05) is 24.2 Å². The van der Waals surface area contributed by atoms with Gasteiger partial charge >= 0.3 is 6.18 Å². The SMILES string of the molecule is CS(=O)(=O)NC1CCCN(c2cc(C#N)ccc2C(F)(F)F)C1. The van der Waals surface area contributed by atoms with E-state index in [4.69, 9.17) is 5.26 Å². The first-order valence-electron chi connectivity index (χ1n) is 6.94. The summed E-state index contributed by atoms with van der Waals surface area (Å²) >= 11 is 0. The van der Waals surface area contributed by atoms with Gasteiger partial charge in [0.2, 0.25) is 10.0 Å². The molecule has 1 unspecified atom stereocenters. The number of anilines is 1. The standard InChI is InChI=1S/C14H16F3N3O2S/c1-23(21,22)19-11-3-2-6-20(9-11)13-7-10(8-18)4-5-12(13)14(15,16)17/h4-5,7,11,19H,2-3,6,9H2,1H3. The molecule has 1 N–H and O–H groups in total. The molecular weight excluding hydrogens is 331 g/mol. The molecule has 2 rings (SSSR count). The fraction of sp³-hybridized carbons (Fsp3) is 0.500. The molecule has 1 aliphatic rings. The Labute approximate surface area is 132 Å². The number of piperidine rings is 1. The van der Waals surface area contributed by atoms with Crippen LogP contribution in [0.5, 0.6) is 0 Å². The van der Waals surface area contributed by atoms with Crippen LogP contribution in [-0.2, 0) is 16.2 Å². The third-order valence-electron chi connectivity index (χ3n) is 3.58. The number of hydrogen-bond donors (Lipinski definition) is 1. The van der Waals surface area contributed by atoms with E-state index in [1.165, 1.54) is 11.0 Å². The van der Waals surface area contributed by atoms with Gasteiger partial charge < -0.3 is 4.90 Å². The zero-order valence-corrected chi connectivity index (χ0v) is 13.2. The second kappa shape index (κ2) is 6.37. The predicted octanol–water partition coefficient (Wildman–Crippen LogP) is 2.10. The average molecular weight is 347 g/mol. The Morgan fingerprint density at radius 2 is 2.09 bits per heavy atom. The summed E-state index contributed by atoms with van der Waals surface area (Å²) in [7, 11) is -3.43. The van der Waals surface area contributed by atoms with Gasteiger partial charge in [-0.2, -0.15) is 18.4 Å². The molecule has 1 aliphatic heterocycles. The fourth-order valence-electron chi connectivity index (χ4n) is 2.70. The van der Waals surface area contributed by atoms with E-state index in [0.29, 0.717) is 19.4 Å². The maximum atomic E-state index is 13.2. The minimum Gasteiger partial charge on any atom is -0.369 e. The summed E-state index contributed by atoms with van der Waals surface area (Å²) in [6.45, 7) is 0.505. The zero-order valence-electron chi connectivity index (χ0n) is 12.4. The summed E-state index contributed by atoms with van der Waals surface area (Å²) in [6, 6.07) is 4.59. The molecule has 0 amide bonds. The van der Waals surface area contributed by atoms with E-state index in [2.05, 4.69) is 4.72 Å². The lowest BCUT2D eigenvalue weighted by Gasteiger charge is -2.35. The molecular formula is C14H16F3N3O2S. The normalized spacial score (nSPS) is 19.4. The minimum absolute atomic E-state index is 0.0865. The number of alkyl halides is 3. The van der Waals surface area contributed by atoms with Crippen molar-refractivity contribution >= 4 is 15.7 Å². The number of benzene rings is 1. The van der Waals surface area contributed by atoms with E-state index in [1.54, 1.807) is 0 Å². The van der Waals surface area contributed by atoms with Crippen molar-refractivity contribution < 1.29 is 21.6 Å². The van der Waals surface area contributed by atoms with Crippen molar-refractivity contribution in [1.82, 2.24) is 4.72 Å². The van der Waals surface area contributed by atoms with Crippen LogP contribution in [0.15, 0.2) is 18.2 Å². The van der Waals surface area contributed by atoms with Gasteiger partial charge in [0.05, 0.1) is 29.1 Å². The van der Waals surface area contributed by atoms with Crippen molar-refractivity contribution in [3.63, 3.8) is 0 Å². The molecule has 1 fully saturated rings. The summed E-state index contributed by atoms with van der Waals surface area (Å²) < 4.78 is 64.6. The molecule has 1 saturated heterocycles.